The highest BCUT2D eigenvalue weighted by molar-refractivity contribution is 14.1. The van der Waals surface area contributed by atoms with Crippen molar-refractivity contribution in [2.24, 2.45) is 5.10 Å². The van der Waals surface area contributed by atoms with E-state index >= 15 is 0 Å². The lowest BCUT2D eigenvalue weighted by Gasteiger charge is -2.18. The van der Waals surface area contributed by atoms with Crippen molar-refractivity contribution in [3.05, 3.63) is 115 Å². The molecule has 0 radical (unpaired) electrons. The van der Waals surface area contributed by atoms with Crippen LogP contribution < -0.4 is 20.3 Å². The van der Waals surface area contributed by atoms with Crippen molar-refractivity contribution in [2.75, 3.05) is 18.5 Å². The van der Waals surface area contributed by atoms with E-state index in [-0.39, 0.29) is 24.0 Å². The minimum Gasteiger partial charge on any atom is -0.494 e. The van der Waals surface area contributed by atoms with Gasteiger partial charge in [0, 0.05) is 11.3 Å². The van der Waals surface area contributed by atoms with E-state index in [0.29, 0.717) is 34.8 Å². The number of rotatable bonds is 10. The normalized spacial score (nSPS) is 11.4. The molecule has 9 heteroatoms. The molecule has 0 spiro atoms. The van der Waals surface area contributed by atoms with Crippen LogP contribution in [0.2, 0.25) is 0 Å². The Morgan fingerprint density at radius 3 is 2.47 bits per heavy atom. The smallest absolute Gasteiger partial charge is 0.282 e. The van der Waals surface area contributed by atoms with E-state index in [1.54, 1.807) is 18.3 Å². The van der Waals surface area contributed by atoms with Crippen LogP contribution in [0.5, 0.6) is 11.5 Å². The van der Waals surface area contributed by atoms with Crippen molar-refractivity contribution in [2.45, 2.75) is 40.5 Å². The van der Waals surface area contributed by atoms with Crippen molar-refractivity contribution in [1.29, 1.82) is 0 Å². The molecule has 0 unspecified atom stereocenters. The van der Waals surface area contributed by atoms with Crippen LogP contribution in [-0.4, -0.2) is 35.0 Å². The molecule has 0 aliphatic carbocycles. The highest BCUT2D eigenvalue weighted by atomic mass is 127. The van der Waals surface area contributed by atoms with Gasteiger partial charge in [-0.25, -0.2) is 4.98 Å². The van der Waals surface area contributed by atoms with Gasteiger partial charge in [-0.2, -0.15) is 9.78 Å². The Hall–Kier alpha value is -4.51. The predicted octanol–water partition coefficient (Wildman–Crippen LogP) is 7.71. The molecule has 5 rings (SSSR count). The third kappa shape index (κ3) is 7.42. The summed E-state index contributed by atoms with van der Waals surface area (Å²) in [7, 11) is 0. The summed E-state index contributed by atoms with van der Waals surface area (Å²) in [4.78, 5) is 31.1. The summed E-state index contributed by atoms with van der Waals surface area (Å²) in [6.45, 7) is 10.6. The van der Waals surface area contributed by atoms with Crippen LogP contribution in [0.4, 0.5) is 5.69 Å². The lowest BCUT2D eigenvalue weighted by atomic mass is 9.96. The van der Waals surface area contributed by atoms with Crippen molar-refractivity contribution >= 4 is 51.3 Å². The molecule has 1 heterocycles. The number of aromatic nitrogens is 2. The summed E-state index contributed by atoms with van der Waals surface area (Å²) in [5.74, 6) is 1.80. The number of hydrogen-bond donors (Lipinski definition) is 1. The van der Waals surface area contributed by atoms with E-state index in [4.69, 9.17) is 14.5 Å². The fourth-order valence-electron chi connectivity index (χ4n) is 4.89. The van der Waals surface area contributed by atoms with Crippen LogP contribution >= 0.6 is 22.6 Å². The molecule has 0 saturated heterocycles. The maximum atomic E-state index is 13.8. The zero-order chi connectivity index (χ0) is 32.1. The van der Waals surface area contributed by atoms with Gasteiger partial charge in [-0.1, -0.05) is 43.7 Å². The van der Waals surface area contributed by atoms with Gasteiger partial charge < -0.3 is 14.8 Å². The molecule has 0 fully saturated rings. The van der Waals surface area contributed by atoms with Crippen molar-refractivity contribution in [3.8, 4) is 22.9 Å². The SMILES string of the molecule is CCOc1cc(C)c(-c2nc3ccccc3c(=O)n2N=Cc2ccc(OCC(=O)Nc3ccc(C)cc3)c(I)c2)cc1C(C)C. The predicted molar refractivity (Wildman–Crippen MR) is 189 cm³/mol. The summed E-state index contributed by atoms with van der Waals surface area (Å²) < 4.78 is 13.9. The Balaban J connectivity index is 1.45. The summed E-state index contributed by atoms with van der Waals surface area (Å²) in [5, 5.41) is 7.97. The van der Waals surface area contributed by atoms with Gasteiger partial charge in [0.15, 0.2) is 12.4 Å². The average molecular weight is 715 g/mol. The number of nitrogens with zero attached hydrogens (tertiary/aromatic N) is 3. The number of nitrogens with one attached hydrogen (secondary N) is 1. The van der Waals surface area contributed by atoms with Crippen LogP contribution in [0.15, 0.2) is 88.8 Å². The van der Waals surface area contributed by atoms with E-state index < -0.39 is 0 Å². The van der Waals surface area contributed by atoms with Crippen molar-refractivity contribution in [1.82, 2.24) is 9.66 Å². The molecule has 230 valence electrons. The van der Waals surface area contributed by atoms with Crippen molar-refractivity contribution < 1.29 is 14.3 Å². The Bertz CT molecular complexity index is 1950. The molecule has 1 N–H and O–H groups in total. The summed E-state index contributed by atoms with van der Waals surface area (Å²) in [5.41, 5.74) is 5.70. The molecule has 45 heavy (non-hydrogen) atoms. The molecule has 0 aliphatic rings. The second kappa shape index (κ2) is 14.1. The molecule has 0 saturated carbocycles. The molecule has 0 atom stereocenters. The highest BCUT2D eigenvalue weighted by Crippen LogP contribution is 2.34. The molecule has 1 aromatic heterocycles. The number of anilines is 1. The second-order valence-corrected chi connectivity index (χ2v) is 12.2. The van der Waals surface area contributed by atoms with Gasteiger partial charge in [0.2, 0.25) is 0 Å². The number of amides is 1. The van der Waals surface area contributed by atoms with E-state index in [0.717, 1.165) is 37.1 Å². The number of ether oxygens (including phenoxy) is 2. The fourth-order valence-corrected chi connectivity index (χ4v) is 5.59. The van der Waals surface area contributed by atoms with Crippen LogP contribution in [-0.2, 0) is 4.79 Å². The van der Waals surface area contributed by atoms with Crippen molar-refractivity contribution in [3.63, 3.8) is 0 Å². The van der Waals surface area contributed by atoms with Crippen LogP contribution in [0.1, 0.15) is 48.9 Å². The summed E-state index contributed by atoms with van der Waals surface area (Å²) in [6, 6.07) is 24.4. The zero-order valence-corrected chi connectivity index (χ0v) is 28.1. The molecule has 0 aliphatic heterocycles. The average Bonchev–Trinajstić information content (AvgIpc) is 3.01. The standard InChI is InChI=1S/C36H35IN4O4/c1-6-44-33-17-24(5)29(19-28(33)22(2)3)35-40-31-10-8-7-9-27(31)36(43)41(35)38-20-25-13-16-32(30(37)18-25)45-21-34(42)39-26-14-11-23(4)12-15-26/h7-20,22H,6,21H2,1-5H3,(H,39,42). The minimum atomic E-state index is -0.263. The number of benzene rings is 4. The topological polar surface area (TPSA) is 94.8 Å². The monoisotopic (exact) mass is 714 g/mol. The first kappa shape index (κ1) is 31.9. The molecule has 4 aromatic carbocycles. The number of hydrogen-bond acceptors (Lipinski definition) is 6. The molecular formula is C36H35IN4O4. The van der Waals surface area contributed by atoms with Gasteiger partial charge in [-0.05, 0) is 121 Å². The first-order chi connectivity index (χ1) is 21.6. The number of carbonyl (C=O) groups excluding carboxylic acids is 1. The fraction of sp³-hybridized carbons (Fsp3) is 0.222. The Labute approximate surface area is 276 Å². The second-order valence-electron chi connectivity index (χ2n) is 11.0. The van der Waals surface area contributed by atoms with E-state index in [2.05, 4.69) is 52.9 Å². The molecule has 0 bridgehead atoms. The first-order valence-corrected chi connectivity index (χ1v) is 15.8. The van der Waals surface area contributed by atoms with Gasteiger partial charge in [-0.3, -0.25) is 9.59 Å². The number of fused-ring (bicyclic) bond motifs is 1. The summed E-state index contributed by atoms with van der Waals surface area (Å²) >= 11 is 2.16. The lowest BCUT2D eigenvalue weighted by molar-refractivity contribution is -0.118. The number of carbonyl (C=O) groups is 1. The molecular weight excluding hydrogens is 679 g/mol. The van der Waals surface area contributed by atoms with E-state index in [1.807, 2.05) is 81.4 Å². The third-order valence-corrected chi connectivity index (χ3v) is 8.09. The third-order valence-electron chi connectivity index (χ3n) is 7.25. The summed E-state index contributed by atoms with van der Waals surface area (Å²) in [6.07, 6.45) is 1.63. The van der Waals surface area contributed by atoms with Gasteiger partial charge in [0.25, 0.3) is 11.5 Å². The number of aryl methyl sites for hydroxylation is 2. The Morgan fingerprint density at radius 1 is 1.00 bits per heavy atom. The van der Waals surface area contributed by atoms with E-state index in [1.165, 1.54) is 4.68 Å². The Kier molecular flexibility index (Phi) is 9.97. The largest absolute Gasteiger partial charge is 0.494 e. The minimum absolute atomic E-state index is 0.126. The molecule has 1 amide bonds. The first-order valence-electron chi connectivity index (χ1n) is 14.8. The van der Waals surface area contributed by atoms with Gasteiger partial charge in [0.05, 0.1) is 27.3 Å². The number of para-hydroxylation sites is 1. The highest BCUT2D eigenvalue weighted by Gasteiger charge is 2.18. The maximum Gasteiger partial charge on any atom is 0.282 e. The lowest BCUT2D eigenvalue weighted by Crippen LogP contribution is -2.21. The quantitative estimate of drug-likeness (QED) is 0.118. The Morgan fingerprint density at radius 2 is 1.76 bits per heavy atom. The molecule has 8 nitrogen and oxygen atoms in total. The molecule has 5 aromatic rings. The maximum absolute atomic E-state index is 13.8. The van der Waals surface area contributed by atoms with Crippen LogP contribution in [0.3, 0.4) is 0 Å². The zero-order valence-electron chi connectivity index (χ0n) is 25.9. The van der Waals surface area contributed by atoms with E-state index in [9.17, 15) is 9.59 Å². The van der Waals surface area contributed by atoms with Gasteiger partial charge in [-0.15, -0.1) is 0 Å². The van der Waals surface area contributed by atoms with Crippen LogP contribution in [0, 0.1) is 17.4 Å². The van der Waals surface area contributed by atoms with Gasteiger partial charge in [0.1, 0.15) is 11.5 Å². The van der Waals surface area contributed by atoms with Crippen LogP contribution in [0.25, 0.3) is 22.3 Å². The number of halogens is 1. The van der Waals surface area contributed by atoms with Gasteiger partial charge >= 0.3 is 0 Å².